The minimum Gasteiger partial charge on any atom is -0.598 e. The van der Waals surface area contributed by atoms with Gasteiger partial charge in [0.05, 0.1) is 11.1 Å². The van der Waals surface area contributed by atoms with Gasteiger partial charge < -0.3 is 20.9 Å². The summed E-state index contributed by atoms with van der Waals surface area (Å²) in [6.07, 6.45) is 2.20. The largest absolute Gasteiger partial charge is 0.598 e. The standard InChI is InChI=1S/C24H30ClN7O2S2/c1-24(2,3)36(34)30-16-10-12-32(13-14-7-5-6-8-15(14)16)23-29-21(27)19(22(33)31(23)4)35-17-9-11-28-20(26)18(17)25/h5-9,11,16,30H,10,12-13,27H2,1-4H3,(H2,26,28). The zero-order valence-electron chi connectivity index (χ0n) is 20.6. The molecule has 0 saturated heterocycles. The molecule has 0 spiro atoms. The fourth-order valence-electron chi connectivity index (χ4n) is 3.94. The number of benzene rings is 1. The van der Waals surface area contributed by atoms with E-state index in [1.165, 1.54) is 10.8 Å². The van der Waals surface area contributed by atoms with Crippen LogP contribution in [0.2, 0.25) is 5.02 Å². The number of nitrogens with two attached hydrogens (primary N) is 2. The average molecular weight is 548 g/mol. The van der Waals surface area contributed by atoms with Gasteiger partial charge in [0, 0.05) is 42.6 Å². The Morgan fingerprint density at radius 3 is 2.67 bits per heavy atom. The van der Waals surface area contributed by atoms with Crippen LogP contribution in [0, 0.1) is 0 Å². The van der Waals surface area contributed by atoms with Crippen LogP contribution in [-0.2, 0) is 25.0 Å². The van der Waals surface area contributed by atoms with Crippen LogP contribution < -0.4 is 26.6 Å². The third kappa shape index (κ3) is 5.45. The lowest BCUT2D eigenvalue weighted by atomic mass is 10.0. The molecule has 1 aliphatic rings. The number of hydrogen-bond acceptors (Lipinski definition) is 9. The van der Waals surface area contributed by atoms with E-state index >= 15 is 0 Å². The Bertz CT molecular complexity index is 1330. The highest BCUT2D eigenvalue weighted by Gasteiger charge is 2.33. The van der Waals surface area contributed by atoms with E-state index in [4.69, 9.17) is 23.1 Å². The van der Waals surface area contributed by atoms with Gasteiger partial charge in [-0.15, -0.1) is 4.72 Å². The first-order valence-corrected chi connectivity index (χ1v) is 13.8. The minimum atomic E-state index is -1.23. The summed E-state index contributed by atoms with van der Waals surface area (Å²) < 4.78 is 17.3. The van der Waals surface area contributed by atoms with Gasteiger partial charge in [-0.25, -0.2) is 4.98 Å². The maximum atomic E-state index is 13.4. The van der Waals surface area contributed by atoms with Gasteiger partial charge in [-0.3, -0.25) is 9.36 Å². The molecule has 0 amide bonds. The van der Waals surface area contributed by atoms with Gasteiger partial charge in [-0.05, 0) is 44.4 Å². The third-order valence-electron chi connectivity index (χ3n) is 5.91. The van der Waals surface area contributed by atoms with E-state index in [-0.39, 0.29) is 33.2 Å². The quantitative estimate of drug-likeness (QED) is 0.408. The van der Waals surface area contributed by atoms with Gasteiger partial charge in [0.1, 0.15) is 21.3 Å². The molecule has 0 fully saturated rings. The molecule has 0 bridgehead atoms. The Labute approximate surface area is 223 Å². The molecule has 9 nitrogen and oxygen atoms in total. The number of nitrogens with one attached hydrogen (secondary N) is 1. The summed E-state index contributed by atoms with van der Waals surface area (Å²) in [4.78, 5) is 24.8. The van der Waals surface area contributed by atoms with Crippen molar-refractivity contribution in [1.82, 2.24) is 19.3 Å². The third-order valence-corrected chi connectivity index (χ3v) is 9.18. The van der Waals surface area contributed by atoms with E-state index in [9.17, 15) is 9.35 Å². The van der Waals surface area contributed by atoms with Crippen molar-refractivity contribution in [3.8, 4) is 0 Å². The lowest BCUT2D eigenvalue weighted by molar-refractivity contribution is 0.513. The summed E-state index contributed by atoms with van der Waals surface area (Å²) in [5.41, 5.74) is 14.0. The van der Waals surface area contributed by atoms with E-state index < -0.39 is 16.1 Å². The van der Waals surface area contributed by atoms with Crippen molar-refractivity contribution in [2.75, 3.05) is 22.9 Å². The molecular weight excluding hydrogens is 518 g/mol. The van der Waals surface area contributed by atoms with E-state index in [1.54, 1.807) is 13.1 Å². The Balaban J connectivity index is 1.66. The van der Waals surface area contributed by atoms with Crippen LogP contribution in [0.3, 0.4) is 0 Å². The normalized spacial score (nSPS) is 16.9. The molecule has 0 radical (unpaired) electrons. The molecule has 2 unspecified atom stereocenters. The highest BCUT2D eigenvalue weighted by Crippen LogP contribution is 2.37. The van der Waals surface area contributed by atoms with Gasteiger partial charge in [-0.2, -0.15) is 4.98 Å². The average Bonchev–Trinajstić information content (AvgIpc) is 3.00. The Kier molecular flexibility index (Phi) is 7.77. The SMILES string of the molecule is Cn1c(N2CCC(N[S+]([O-])C(C)(C)C)c3ccccc3C2)nc(N)c(Sc2ccnc(N)c2Cl)c1=O. The van der Waals surface area contributed by atoms with Crippen LogP contribution in [-0.4, -0.2) is 30.4 Å². The van der Waals surface area contributed by atoms with E-state index in [2.05, 4.69) is 20.8 Å². The zero-order chi connectivity index (χ0) is 26.2. The van der Waals surface area contributed by atoms with E-state index in [1.807, 2.05) is 43.9 Å². The molecular formula is C24H30ClN7O2S2. The summed E-state index contributed by atoms with van der Waals surface area (Å²) in [6, 6.07) is 9.64. The maximum Gasteiger partial charge on any atom is 0.270 e. The van der Waals surface area contributed by atoms with Crippen LogP contribution in [0.1, 0.15) is 44.4 Å². The Morgan fingerprint density at radius 1 is 1.22 bits per heavy atom. The number of fused-ring (bicyclic) bond motifs is 1. The molecule has 2 atom stereocenters. The number of rotatable bonds is 5. The second-order valence-electron chi connectivity index (χ2n) is 9.56. The van der Waals surface area contributed by atoms with Gasteiger partial charge in [0.2, 0.25) is 5.95 Å². The molecule has 3 heterocycles. The van der Waals surface area contributed by atoms with Crippen molar-refractivity contribution in [1.29, 1.82) is 0 Å². The van der Waals surface area contributed by atoms with Crippen molar-refractivity contribution in [3.63, 3.8) is 0 Å². The first-order chi connectivity index (χ1) is 17.0. The molecule has 0 aliphatic carbocycles. The number of pyridine rings is 1. The molecule has 0 saturated carbocycles. The number of nitrogens with zero attached hydrogens (tertiary/aromatic N) is 4. The fraction of sp³-hybridized carbons (Fsp3) is 0.375. The first-order valence-electron chi connectivity index (χ1n) is 11.4. The molecule has 36 heavy (non-hydrogen) atoms. The lowest BCUT2D eigenvalue weighted by Gasteiger charge is -2.28. The van der Waals surface area contributed by atoms with Gasteiger partial charge in [0.25, 0.3) is 5.56 Å². The molecule has 2 aromatic heterocycles. The second-order valence-corrected chi connectivity index (χ2v) is 13.0. The lowest BCUT2D eigenvalue weighted by Crippen LogP contribution is -2.41. The predicted octanol–water partition coefficient (Wildman–Crippen LogP) is 3.65. The fourth-order valence-corrected chi connectivity index (χ4v) is 5.94. The van der Waals surface area contributed by atoms with Crippen molar-refractivity contribution < 1.29 is 4.55 Å². The van der Waals surface area contributed by atoms with Gasteiger partial charge in [0.15, 0.2) is 0 Å². The van der Waals surface area contributed by atoms with Gasteiger partial charge in [-0.1, -0.05) is 47.6 Å². The number of aromatic nitrogens is 3. The molecule has 5 N–H and O–H groups in total. The van der Waals surface area contributed by atoms with Crippen molar-refractivity contribution in [2.24, 2.45) is 7.05 Å². The highest BCUT2D eigenvalue weighted by molar-refractivity contribution is 7.99. The number of hydrogen-bond donors (Lipinski definition) is 3. The highest BCUT2D eigenvalue weighted by atomic mass is 35.5. The van der Waals surface area contributed by atoms with Crippen LogP contribution in [0.5, 0.6) is 0 Å². The topological polar surface area (TPSA) is 138 Å². The summed E-state index contributed by atoms with van der Waals surface area (Å²) >= 11 is 6.16. The predicted molar refractivity (Wildman–Crippen MR) is 148 cm³/mol. The maximum absolute atomic E-state index is 13.4. The molecule has 1 aromatic carbocycles. The summed E-state index contributed by atoms with van der Waals surface area (Å²) in [5, 5.41) is 0.267. The molecule has 12 heteroatoms. The molecule has 192 valence electrons. The first kappa shape index (κ1) is 26.6. The minimum absolute atomic E-state index is 0.102. The van der Waals surface area contributed by atoms with Crippen LogP contribution in [0.4, 0.5) is 17.6 Å². The van der Waals surface area contributed by atoms with Crippen LogP contribution in [0.15, 0.2) is 51.1 Å². The Hall–Kier alpha value is -2.44. The van der Waals surface area contributed by atoms with Crippen LogP contribution >= 0.6 is 23.4 Å². The smallest absolute Gasteiger partial charge is 0.270 e. The molecule has 1 aliphatic heterocycles. The van der Waals surface area contributed by atoms with Crippen molar-refractivity contribution in [3.05, 3.63) is 63.0 Å². The van der Waals surface area contributed by atoms with Crippen molar-refractivity contribution >= 4 is 52.3 Å². The van der Waals surface area contributed by atoms with Gasteiger partial charge >= 0.3 is 0 Å². The molecule has 4 rings (SSSR count). The monoisotopic (exact) mass is 547 g/mol. The summed E-state index contributed by atoms with van der Waals surface area (Å²) in [7, 11) is 1.68. The summed E-state index contributed by atoms with van der Waals surface area (Å²) in [5.74, 6) is 0.764. The summed E-state index contributed by atoms with van der Waals surface area (Å²) in [6.45, 7) is 6.96. The molecule has 3 aromatic rings. The van der Waals surface area contributed by atoms with E-state index in [0.717, 1.165) is 22.9 Å². The number of nitrogen functional groups attached to an aromatic ring is 2. The van der Waals surface area contributed by atoms with Crippen molar-refractivity contribution in [2.45, 2.75) is 54.3 Å². The Morgan fingerprint density at radius 2 is 1.94 bits per heavy atom. The number of halogens is 1. The van der Waals surface area contributed by atoms with E-state index in [0.29, 0.717) is 30.4 Å². The number of anilines is 3. The zero-order valence-corrected chi connectivity index (χ0v) is 23.0. The second kappa shape index (κ2) is 10.5. The van der Waals surface area contributed by atoms with Crippen LogP contribution in [0.25, 0.3) is 0 Å².